The Morgan fingerprint density at radius 3 is 2.56 bits per heavy atom. The molecule has 1 aliphatic carbocycles. The molecule has 2 rings (SSSR count). The van der Waals surface area contributed by atoms with E-state index < -0.39 is 0 Å². The van der Waals surface area contributed by atoms with Gasteiger partial charge in [0.15, 0.2) is 0 Å². The summed E-state index contributed by atoms with van der Waals surface area (Å²) < 4.78 is 0. The largest absolute Gasteiger partial charge is 0.325 e. The molecule has 0 saturated heterocycles. The molecule has 0 heterocycles. The second-order valence-electron chi connectivity index (χ2n) is 5.60. The van der Waals surface area contributed by atoms with Gasteiger partial charge in [-0.25, -0.2) is 0 Å². The highest BCUT2D eigenvalue weighted by atomic mass is 16.2. The van der Waals surface area contributed by atoms with Crippen LogP contribution in [0.4, 0.5) is 5.69 Å². The Morgan fingerprint density at radius 1 is 1.33 bits per heavy atom. The predicted molar refractivity (Wildman–Crippen MR) is 74.2 cm³/mol. The molecule has 1 aliphatic rings. The topological polar surface area (TPSA) is 55.1 Å². The quantitative estimate of drug-likeness (QED) is 0.860. The van der Waals surface area contributed by atoms with Crippen LogP contribution in [0, 0.1) is 5.41 Å². The van der Waals surface area contributed by atoms with Crippen molar-refractivity contribution < 1.29 is 4.79 Å². The molecule has 3 nitrogen and oxygen atoms in total. The molecule has 1 aromatic carbocycles. The van der Waals surface area contributed by atoms with E-state index >= 15 is 0 Å². The number of hydrogen-bond acceptors (Lipinski definition) is 2. The number of nitrogens with two attached hydrogens (primary N) is 1. The third kappa shape index (κ3) is 2.56. The Labute approximate surface area is 109 Å². The highest BCUT2D eigenvalue weighted by Crippen LogP contribution is 2.38. The molecule has 18 heavy (non-hydrogen) atoms. The lowest BCUT2D eigenvalue weighted by atomic mass is 9.87. The maximum atomic E-state index is 12.4. The van der Waals surface area contributed by atoms with Gasteiger partial charge in [0.2, 0.25) is 5.91 Å². The van der Waals surface area contributed by atoms with Crippen LogP contribution in [0.25, 0.3) is 0 Å². The number of para-hydroxylation sites is 1. The highest BCUT2D eigenvalue weighted by molar-refractivity contribution is 5.95. The van der Waals surface area contributed by atoms with Gasteiger partial charge in [-0.05, 0) is 31.4 Å². The molecule has 0 aromatic heterocycles. The highest BCUT2D eigenvalue weighted by Gasteiger charge is 2.36. The van der Waals surface area contributed by atoms with Crippen LogP contribution in [0.2, 0.25) is 0 Å². The summed E-state index contributed by atoms with van der Waals surface area (Å²) in [6.07, 6.45) is 4.27. The van der Waals surface area contributed by atoms with Crippen molar-refractivity contribution in [2.75, 3.05) is 5.32 Å². The van der Waals surface area contributed by atoms with Crippen molar-refractivity contribution in [3.8, 4) is 0 Å². The van der Waals surface area contributed by atoms with Crippen molar-refractivity contribution >= 4 is 11.6 Å². The minimum Gasteiger partial charge on any atom is -0.325 e. The molecule has 1 atom stereocenters. The van der Waals surface area contributed by atoms with E-state index in [-0.39, 0.29) is 17.4 Å². The van der Waals surface area contributed by atoms with Crippen molar-refractivity contribution in [3.05, 3.63) is 29.8 Å². The maximum absolute atomic E-state index is 12.4. The molecule has 1 unspecified atom stereocenters. The van der Waals surface area contributed by atoms with Gasteiger partial charge in [0.25, 0.3) is 0 Å². The lowest BCUT2D eigenvalue weighted by Crippen LogP contribution is -2.31. The zero-order valence-corrected chi connectivity index (χ0v) is 11.2. The molecule has 0 radical (unpaired) electrons. The number of carbonyl (C=O) groups excluding carboxylic acids is 1. The van der Waals surface area contributed by atoms with Crippen molar-refractivity contribution in [2.24, 2.45) is 11.1 Å². The van der Waals surface area contributed by atoms with E-state index in [9.17, 15) is 4.79 Å². The van der Waals surface area contributed by atoms with Gasteiger partial charge in [-0.2, -0.15) is 0 Å². The predicted octanol–water partition coefficient (Wildman–Crippen LogP) is 3.23. The van der Waals surface area contributed by atoms with Gasteiger partial charge in [0.05, 0.1) is 0 Å². The van der Waals surface area contributed by atoms with Crippen molar-refractivity contribution in [3.63, 3.8) is 0 Å². The van der Waals surface area contributed by atoms with E-state index in [1.54, 1.807) is 0 Å². The first-order chi connectivity index (χ1) is 8.53. The summed E-state index contributed by atoms with van der Waals surface area (Å²) in [5, 5.41) is 3.06. The van der Waals surface area contributed by atoms with Gasteiger partial charge in [0.1, 0.15) is 0 Å². The van der Waals surface area contributed by atoms with Crippen LogP contribution in [-0.2, 0) is 4.79 Å². The van der Waals surface area contributed by atoms with Crippen molar-refractivity contribution in [1.82, 2.24) is 0 Å². The average molecular weight is 246 g/mol. The minimum absolute atomic E-state index is 0.0714. The normalized spacial score (nSPS) is 19.5. The summed E-state index contributed by atoms with van der Waals surface area (Å²) in [6, 6.07) is 7.70. The van der Waals surface area contributed by atoms with E-state index in [2.05, 4.69) is 12.2 Å². The Morgan fingerprint density at radius 2 is 1.94 bits per heavy atom. The maximum Gasteiger partial charge on any atom is 0.230 e. The van der Waals surface area contributed by atoms with Gasteiger partial charge in [-0.1, -0.05) is 38.0 Å². The van der Waals surface area contributed by atoms with E-state index in [1.807, 2.05) is 31.2 Å². The van der Waals surface area contributed by atoms with Crippen LogP contribution in [0.5, 0.6) is 0 Å². The molecular formula is C15H22N2O. The molecule has 1 fully saturated rings. The lowest BCUT2D eigenvalue weighted by Gasteiger charge is -2.23. The molecular weight excluding hydrogens is 224 g/mol. The van der Waals surface area contributed by atoms with Crippen LogP contribution in [0.1, 0.15) is 51.1 Å². The SMILES string of the molecule is CC(N)c1ccccc1NC(=O)C1(C)CCCC1. The molecule has 3 N–H and O–H groups in total. The van der Waals surface area contributed by atoms with Gasteiger partial charge in [-0.3, -0.25) is 4.79 Å². The number of nitrogens with one attached hydrogen (secondary N) is 1. The van der Waals surface area contributed by atoms with E-state index in [4.69, 9.17) is 5.73 Å². The summed E-state index contributed by atoms with van der Waals surface area (Å²) in [5.41, 5.74) is 7.57. The molecule has 0 aliphatic heterocycles. The molecule has 3 heteroatoms. The summed E-state index contributed by atoms with van der Waals surface area (Å²) >= 11 is 0. The van der Waals surface area contributed by atoms with Crippen LogP contribution < -0.4 is 11.1 Å². The first-order valence-corrected chi connectivity index (χ1v) is 6.69. The zero-order valence-electron chi connectivity index (χ0n) is 11.2. The number of carbonyl (C=O) groups is 1. The van der Waals surface area contributed by atoms with Gasteiger partial charge in [0, 0.05) is 17.1 Å². The molecule has 98 valence electrons. The minimum atomic E-state index is -0.203. The van der Waals surface area contributed by atoms with Crippen LogP contribution in [0.15, 0.2) is 24.3 Å². The van der Waals surface area contributed by atoms with E-state index in [1.165, 1.54) is 0 Å². The van der Waals surface area contributed by atoms with Crippen LogP contribution in [-0.4, -0.2) is 5.91 Å². The van der Waals surface area contributed by atoms with E-state index in [0.717, 1.165) is 36.9 Å². The fourth-order valence-corrected chi connectivity index (χ4v) is 2.66. The third-order valence-corrected chi connectivity index (χ3v) is 3.95. The molecule has 0 bridgehead atoms. The number of hydrogen-bond donors (Lipinski definition) is 2. The third-order valence-electron chi connectivity index (χ3n) is 3.95. The number of anilines is 1. The first-order valence-electron chi connectivity index (χ1n) is 6.69. The Balaban J connectivity index is 2.16. The summed E-state index contributed by atoms with van der Waals surface area (Å²) in [6.45, 7) is 3.99. The fraction of sp³-hybridized carbons (Fsp3) is 0.533. The second kappa shape index (κ2) is 5.11. The smallest absolute Gasteiger partial charge is 0.230 e. The van der Waals surface area contributed by atoms with Crippen molar-refractivity contribution in [2.45, 2.75) is 45.6 Å². The zero-order chi connectivity index (χ0) is 13.2. The van der Waals surface area contributed by atoms with Crippen LogP contribution >= 0.6 is 0 Å². The number of rotatable bonds is 3. The monoisotopic (exact) mass is 246 g/mol. The Kier molecular flexibility index (Phi) is 3.71. The second-order valence-corrected chi connectivity index (χ2v) is 5.60. The number of benzene rings is 1. The fourth-order valence-electron chi connectivity index (χ4n) is 2.66. The van der Waals surface area contributed by atoms with Crippen molar-refractivity contribution in [1.29, 1.82) is 0 Å². The summed E-state index contributed by atoms with van der Waals surface area (Å²) in [7, 11) is 0. The van der Waals surface area contributed by atoms with Gasteiger partial charge in [-0.15, -0.1) is 0 Å². The molecule has 1 saturated carbocycles. The molecule has 1 amide bonds. The van der Waals surface area contributed by atoms with Gasteiger partial charge >= 0.3 is 0 Å². The summed E-state index contributed by atoms with van der Waals surface area (Å²) in [4.78, 5) is 12.4. The van der Waals surface area contributed by atoms with Crippen LogP contribution in [0.3, 0.4) is 0 Å². The average Bonchev–Trinajstić information content (AvgIpc) is 2.78. The van der Waals surface area contributed by atoms with E-state index in [0.29, 0.717) is 0 Å². The standard InChI is InChI=1S/C15H22N2O/c1-11(16)12-7-3-4-8-13(12)17-14(18)15(2)9-5-6-10-15/h3-4,7-8,11H,5-6,9-10,16H2,1-2H3,(H,17,18). The first kappa shape index (κ1) is 13.1. The molecule has 1 aromatic rings. The summed E-state index contributed by atoms with van der Waals surface area (Å²) in [5.74, 6) is 0.133. The molecule has 0 spiro atoms. The van der Waals surface area contributed by atoms with Gasteiger partial charge < -0.3 is 11.1 Å². The lowest BCUT2D eigenvalue weighted by molar-refractivity contribution is -0.124. The Hall–Kier alpha value is -1.35. The number of amides is 1. The Bertz CT molecular complexity index is 434.